The van der Waals surface area contributed by atoms with Crippen LogP contribution in [0.1, 0.15) is 33.6 Å². The lowest BCUT2D eigenvalue weighted by Gasteiger charge is -2.35. The third-order valence-corrected chi connectivity index (χ3v) is 4.32. The molecule has 1 N–H and O–H groups in total. The van der Waals surface area contributed by atoms with Crippen molar-refractivity contribution in [3.8, 4) is 5.75 Å². The van der Waals surface area contributed by atoms with Gasteiger partial charge in [0.15, 0.2) is 6.10 Å². The van der Waals surface area contributed by atoms with Gasteiger partial charge in [-0.15, -0.1) is 0 Å². The predicted octanol–water partition coefficient (Wildman–Crippen LogP) is 3.10. The number of nitrogens with one attached hydrogen (secondary N) is 1. The van der Waals surface area contributed by atoms with Gasteiger partial charge in [0.2, 0.25) is 0 Å². The molecule has 1 atom stereocenters. The minimum Gasteiger partial charge on any atom is -0.481 e. The molecule has 1 aliphatic heterocycles. The Balaban J connectivity index is 1.80. The maximum absolute atomic E-state index is 12.2. The fourth-order valence-corrected chi connectivity index (χ4v) is 2.86. The lowest BCUT2D eigenvalue weighted by Crippen LogP contribution is -2.49. The molecule has 0 spiro atoms. The first-order chi connectivity index (χ1) is 10.5. The molecule has 0 saturated carbocycles. The van der Waals surface area contributed by atoms with Crippen molar-refractivity contribution in [2.45, 2.75) is 51.8 Å². The van der Waals surface area contributed by atoms with Crippen LogP contribution in [0.2, 0.25) is 5.02 Å². The Kier molecular flexibility index (Phi) is 6.09. The summed E-state index contributed by atoms with van der Waals surface area (Å²) in [5.41, 5.74) is 0. The van der Waals surface area contributed by atoms with Crippen LogP contribution in [0.25, 0.3) is 0 Å². The van der Waals surface area contributed by atoms with Gasteiger partial charge < -0.3 is 15.0 Å². The molecule has 4 nitrogen and oxygen atoms in total. The third kappa shape index (κ3) is 4.89. The highest BCUT2D eigenvalue weighted by Gasteiger charge is 2.24. The molecule has 0 aromatic heterocycles. The van der Waals surface area contributed by atoms with E-state index in [9.17, 15) is 4.79 Å². The van der Waals surface area contributed by atoms with E-state index in [0.29, 0.717) is 16.8 Å². The van der Waals surface area contributed by atoms with Gasteiger partial charge in [-0.3, -0.25) is 4.79 Å². The van der Waals surface area contributed by atoms with E-state index in [1.807, 2.05) is 6.07 Å². The van der Waals surface area contributed by atoms with E-state index in [0.717, 1.165) is 25.9 Å². The average Bonchev–Trinajstić information content (AvgIpc) is 2.47. The Morgan fingerprint density at radius 2 is 2.00 bits per heavy atom. The summed E-state index contributed by atoms with van der Waals surface area (Å²) in [6, 6.07) is 7.92. The molecule has 1 aromatic carbocycles. The maximum atomic E-state index is 12.2. The largest absolute Gasteiger partial charge is 0.481 e. The Morgan fingerprint density at radius 1 is 1.32 bits per heavy atom. The summed E-state index contributed by atoms with van der Waals surface area (Å²) in [5.74, 6) is 0.549. The second kappa shape index (κ2) is 7.84. The van der Waals surface area contributed by atoms with Gasteiger partial charge in [-0.1, -0.05) is 17.7 Å². The van der Waals surface area contributed by atoms with Crippen LogP contribution in [-0.4, -0.2) is 42.1 Å². The lowest BCUT2D eigenvalue weighted by atomic mass is 10.0. The van der Waals surface area contributed by atoms with Gasteiger partial charge in [0.1, 0.15) is 5.75 Å². The molecule has 0 radical (unpaired) electrons. The predicted molar refractivity (Wildman–Crippen MR) is 89.4 cm³/mol. The monoisotopic (exact) mass is 324 g/mol. The van der Waals surface area contributed by atoms with Crippen molar-refractivity contribution in [1.29, 1.82) is 0 Å². The molecular weight excluding hydrogens is 300 g/mol. The van der Waals surface area contributed by atoms with Crippen molar-refractivity contribution in [2.24, 2.45) is 0 Å². The Hall–Kier alpha value is -1.26. The minimum absolute atomic E-state index is 0.0667. The first-order valence-corrected chi connectivity index (χ1v) is 8.30. The number of nitrogens with zero attached hydrogens (tertiary/aromatic N) is 1. The number of piperidine rings is 1. The lowest BCUT2D eigenvalue weighted by molar-refractivity contribution is -0.128. The van der Waals surface area contributed by atoms with Crippen molar-refractivity contribution in [2.75, 3.05) is 13.1 Å². The summed E-state index contributed by atoms with van der Waals surface area (Å²) in [4.78, 5) is 14.7. The molecule has 2 rings (SSSR count). The van der Waals surface area contributed by atoms with Gasteiger partial charge in [0.25, 0.3) is 5.91 Å². The van der Waals surface area contributed by atoms with Crippen LogP contribution in [0.15, 0.2) is 24.3 Å². The van der Waals surface area contributed by atoms with Crippen molar-refractivity contribution < 1.29 is 9.53 Å². The highest BCUT2D eigenvalue weighted by Crippen LogP contribution is 2.19. The summed E-state index contributed by atoms with van der Waals surface area (Å²) in [7, 11) is 0. The fourth-order valence-electron chi connectivity index (χ4n) is 2.68. The van der Waals surface area contributed by atoms with Crippen LogP contribution >= 0.6 is 11.6 Å². The molecule has 1 amide bonds. The van der Waals surface area contributed by atoms with Gasteiger partial charge in [-0.05, 0) is 51.8 Å². The van der Waals surface area contributed by atoms with Gasteiger partial charge >= 0.3 is 0 Å². The Labute approximate surface area is 137 Å². The van der Waals surface area contributed by atoms with Crippen LogP contribution in [-0.2, 0) is 4.79 Å². The Morgan fingerprint density at radius 3 is 2.59 bits per heavy atom. The summed E-state index contributed by atoms with van der Waals surface area (Å²) in [6.45, 7) is 8.25. The number of benzene rings is 1. The fraction of sp³-hybridized carbons (Fsp3) is 0.588. The number of hydrogen-bond acceptors (Lipinski definition) is 3. The molecule has 0 bridgehead atoms. The zero-order chi connectivity index (χ0) is 16.1. The number of likely N-dealkylation sites (tertiary alicyclic amines) is 1. The van der Waals surface area contributed by atoms with Crippen LogP contribution in [0.4, 0.5) is 0 Å². The quantitative estimate of drug-likeness (QED) is 0.905. The van der Waals surface area contributed by atoms with Gasteiger partial charge in [-0.25, -0.2) is 0 Å². The van der Waals surface area contributed by atoms with Crippen LogP contribution in [0.5, 0.6) is 5.75 Å². The maximum Gasteiger partial charge on any atom is 0.260 e. The highest BCUT2D eigenvalue weighted by atomic mass is 35.5. The zero-order valence-corrected chi connectivity index (χ0v) is 14.3. The number of amides is 1. The summed E-state index contributed by atoms with van der Waals surface area (Å²) in [6.07, 6.45) is 1.46. The molecule has 1 heterocycles. The SMILES string of the molecule is CC(C)N1CCC(NC(=O)[C@H](C)Oc2cccc(Cl)c2)CC1. The normalized spacial score (nSPS) is 18.2. The van der Waals surface area contributed by atoms with Crippen LogP contribution < -0.4 is 10.1 Å². The molecular formula is C17H25ClN2O2. The topological polar surface area (TPSA) is 41.6 Å². The molecule has 122 valence electrons. The molecule has 0 aliphatic carbocycles. The first-order valence-electron chi connectivity index (χ1n) is 7.92. The van der Waals surface area contributed by atoms with E-state index >= 15 is 0 Å². The second-order valence-corrected chi connectivity index (χ2v) is 6.57. The smallest absolute Gasteiger partial charge is 0.260 e. The number of carbonyl (C=O) groups excluding carboxylic acids is 1. The van der Waals surface area contributed by atoms with E-state index in [1.165, 1.54) is 0 Å². The van der Waals surface area contributed by atoms with Crippen molar-refractivity contribution in [3.05, 3.63) is 29.3 Å². The van der Waals surface area contributed by atoms with Gasteiger partial charge in [-0.2, -0.15) is 0 Å². The van der Waals surface area contributed by atoms with E-state index < -0.39 is 6.10 Å². The van der Waals surface area contributed by atoms with Gasteiger partial charge in [0.05, 0.1) is 0 Å². The number of halogens is 1. The van der Waals surface area contributed by atoms with Crippen molar-refractivity contribution in [3.63, 3.8) is 0 Å². The third-order valence-electron chi connectivity index (χ3n) is 4.08. The zero-order valence-electron chi connectivity index (χ0n) is 13.5. The number of ether oxygens (including phenoxy) is 1. The van der Waals surface area contributed by atoms with Crippen LogP contribution in [0.3, 0.4) is 0 Å². The molecule has 22 heavy (non-hydrogen) atoms. The molecule has 1 aromatic rings. The molecule has 1 aliphatic rings. The minimum atomic E-state index is -0.526. The van der Waals surface area contributed by atoms with E-state index in [4.69, 9.17) is 16.3 Å². The first kappa shape index (κ1) is 17.1. The summed E-state index contributed by atoms with van der Waals surface area (Å²) < 4.78 is 5.65. The van der Waals surface area contributed by atoms with Crippen molar-refractivity contribution in [1.82, 2.24) is 10.2 Å². The average molecular weight is 325 g/mol. The van der Waals surface area contributed by atoms with E-state index in [-0.39, 0.29) is 11.9 Å². The van der Waals surface area contributed by atoms with E-state index in [2.05, 4.69) is 24.1 Å². The molecule has 1 saturated heterocycles. The summed E-state index contributed by atoms with van der Waals surface area (Å²) >= 11 is 5.92. The molecule has 5 heteroatoms. The van der Waals surface area contributed by atoms with Gasteiger partial charge in [0, 0.05) is 30.2 Å². The standard InChI is InChI=1S/C17H25ClN2O2/c1-12(2)20-9-7-15(8-10-20)19-17(21)13(3)22-16-6-4-5-14(18)11-16/h4-6,11-13,15H,7-10H2,1-3H3,(H,19,21)/t13-/m0/s1. The second-order valence-electron chi connectivity index (χ2n) is 6.13. The molecule has 1 fully saturated rings. The Bertz CT molecular complexity index is 499. The highest BCUT2D eigenvalue weighted by molar-refractivity contribution is 6.30. The number of rotatable bonds is 5. The molecule has 0 unspecified atom stereocenters. The van der Waals surface area contributed by atoms with Crippen LogP contribution in [0, 0.1) is 0 Å². The number of hydrogen-bond donors (Lipinski definition) is 1. The summed E-state index contributed by atoms with van der Waals surface area (Å²) in [5, 5.41) is 3.69. The number of carbonyl (C=O) groups is 1. The van der Waals surface area contributed by atoms with E-state index in [1.54, 1.807) is 25.1 Å². The van der Waals surface area contributed by atoms with Crippen molar-refractivity contribution >= 4 is 17.5 Å².